The number of pyridine rings is 1. The molecule has 4 nitrogen and oxygen atoms in total. The normalized spacial score (nSPS) is 24.6. The van der Waals surface area contributed by atoms with E-state index in [1.165, 1.54) is 0 Å². The van der Waals surface area contributed by atoms with Crippen LogP contribution >= 0.6 is 0 Å². The SMILES string of the molecule is Cc1ccc(N)c(NCC2CCC(O)C2)n1. The minimum absolute atomic E-state index is 0.116. The van der Waals surface area contributed by atoms with Gasteiger partial charge in [-0.3, -0.25) is 0 Å². The van der Waals surface area contributed by atoms with Crippen LogP contribution in [0.1, 0.15) is 25.0 Å². The minimum atomic E-state index is -0.116. The molecule has 1 aromatic heterocycles. The Balaban J connectivity index is 1.91. The van der Waals surface area contributed by atoms with Gasteiger partial charge in [-0.05, 0) is 44.2 Å². The van der Waals surface area contributed by atoms with Gasteiger partial charge in [-0.1, -0.05) is 0 Å². The third kappa shape index (κ3) is 2.64. The lowest BCUT2D eigenvalue weighted by Crippen LogP contribution is -2.14. The Morgan fingerprint density at radius 1 is 1.50 bits per heavy atom. The molecular weight excluding hydrogens is 202 g/mol. The molecule has 1 heterocycles. The highest BCUT2D eigenvalue weighted by Gasteiger charge is 2.22. The smallest absolute Gasteiger partial charge is 0.149 e. The standard InChI is InChI=1S/C12H19N3O/c1-8-2-5-11(13)12(15-8)14-7-9-3-4-10(16)6-9/h2,5,9-10,16H,3-4,6-7,13H2,1H3,(H,14,15). The summed E-state index contributed by atoms with van der Waals surface area (Å²) in [6.45, 7) is 2.79. The summed E-state index contributed by atoms with van der Waals surface area (Å²) >= 11 is 0. The summed E-state index contributed by atoms with van der Waals surface area (Å²) in [5, 5.41) is 12.7. The molecule has 0 saturated heterocycles. The quantitative estimate of drug-likeness (QED) is 0.724. The summed E-state index contributed by atoms with van der Waals surface area (Å²) in [6, 6.07) is 3.77. The van der Waals surface area contributed by atoms with E-state index in [4.69, 9.17) is 5.73 Å². The monoisotopic (exact) mass is 221 g/mol. The van der Waals surface area contributed by atoms with Crippen molar-refractivity contribution in [2.75, 3.05) is 17.6 Å². The fourth-order valence-corrected chi connectivity index (χ4v) is 2.18. The van der Waals surface area contributed by atoms with Crippen molar-refractivity contribution in [1.82, 2.24) is 4.98 Å². The second kappa shape index (κ2) is 4.70. The molecular formula is C12H19N3O. The van der Waals surface area contributed by atoms with Gasteiger partial charge in [-0.15, -0.1) is 0 Å². The number of nitrogens with one attached hydrogen (secondary N) is 1. The van der Waals surface area contributed by atoms with Gasteiger partial charge >= 0.3 is 0 Å². The summed E-state index contributed by atoms with van der Waals surface area (Å²) in [5.41, 5.74) is 7.47. The fourth-order valence-electron chi connectivity index (χ4n) is 2.18. The number of aliphatic hydroxyl groups excluding tert-OH is 1. The van der Waals surface area contributed by atoms with E-state index in [9.17, 15) is 5.11 Å². The number of hydrogen-bond acceptors (Lipinski definition) is 4. The largest absolute Gasteiger partial charge is 0.396 e. The number of aliphatic hydroxyl groups is 1. The first kappa shape index (κ1) is 11.2. The number of nitrogen functional groups attached to an aromatic ring is 1. The molecule has 0 spiro atoms. The Hall–Kier alpha value is -1.29. The highest BCUT2D eigenvalue weighted by Crippen LogP contribution is 2.26. The number of anilines is 2. The predicted molar refractivity (Wildman–Crippen MR) is 65.2 cm³/mol. The first-order chi connectivity index (χ1) is 7.65. The number of rotatable bonds is 3. The van der Waals surface area contributed by atoms with Crippen molar-refractivity contribution in [3.8, 4) is 0 Å². The molecule has 1 saturated carbocycles. The molecule has 0 bridgehead atoms. The lowest BCUT2D eigenvalue weighted by molar-refractivity contribution is 0.178. The Kier molecular flexibility index (Phi) is 3.29. The molecule has 1 aromatic rings. The van der Waals surface area contributed by atoms with Crippen molar-refractivity contribution in [2.24, 2.45) is 5.92 Å². The molecule has 0 aliphatic heterocycles. The summed E-state index contributed by atoms with van der Waals surface area (Å²) in [6.07, 6.45) is 2.77. The van der Waals surface area contributed by atoms with E-state index in [-0.39, 0.29) is 6.10 Å². The van der Waals surface area contributed by atoms with Crippen LogP contribution in [0.25, 0.3) is 0 Å². The van der Waals surface area contributed by atoms with Gasteiger partial charge in [0.1, 0.15) is 5.82 Å². The molecule has 16 heavy (non-hydrogen) atoms. The van der Waals surface area contributed by atoms with E-state index in [1.807, 2.05) is 19.1 Å². The van der Waals surface area contributed by atoms with Crippen molar-refractivity contribution in [3.05, 3.63) is 17.8 Å². The minimum Gasteiger partial charge on any atom is -0.396 e. The van der Waals surface area contributed by atoms with Crippen molar-refractivity contribution in [1.29, 1.82) is 0 Å². The van der Waals surface area contributed by atoms with E-state index in [0.29, 0.717) is 11.6 Å². The maximum atomic E-state index is 9.43. The number of nitrogens with zero attached hydrogens (tertiary/aromatic N) is 1. The zero-order valence-electron chi connectivity index (χ0n) is 9.61. The van der Waals surface area contributed by atoms with Crippen LogP contribution < -0.4 is 11.1 Å². The Bertz CT molecular complexity index is 367. The lowest BCUT2D eigenvalue weighted by atomic mass is 10.1. The van der Waals surface area contributed by atoms with Gasteiger partial charge in [0.15, 0.2) is 0 Å². The Morgan fingerprint density at radius 2 is 2.31 bits per heavy atom. The molecule has 88 valence electrons. The van der Waals surface area contributed by atoms with Gasteiger partial charge in [0.05, 0.1) is 11.8 Å². The van der Waals surface area contributed by atoms with E-state index >= 15 is 0 Å². The summed E-state index contributed by atoms with van der Waals surface area (Å²) in [5.74, 6) is 1.30. The second-order valence-corrected chi connectivity index (χ2v) is 4.60. The van der Waals surface area contributed by atoms with Gasteiger partial charge in [0, 0.05) is 12.2 Å². The van der Waals surface area contributed by atoms with Gasteiger partial charge in [-0.25, -0.2) is 4.98 Å². The molecule has 0 radical (unpaired) electrons. The summed E-state index contributed by atoms with van der Waals surface area (Å²) in [4.78, 5) is 4.35. The molecule has 2 atom stereocenters. The zero-order chi connectivity index (χ0) is 11.5. The molecule has 2 unspecified atom stereocenters. The maximum Gasteiger partial charge on any atom is 0.149 e. The molecule has 4 N–H and O–H groups in total. The molecule has 2 rings (SSSR count). The van der Waals surface area contributed by atoms with E-state index < -0.39 is 0 Å². The van der Waals surface area contributed by atoms with Crippen LogP contribution in [-0.2, 0) is 0 Å². The average molecular weight is 221 g/mol. The van der Waals surface area contributed by atoms with Gasteiger partial charge in [0.2, 0.25) is 0 Å². The average Bonchev–Trinajstić information content (AvgIpc) is 2.66. The van der Waals surface area contributed by atoms with Crippen LogP contribution in [0.2, 0.25) is 0 Å². The Morgan fingerprint density at radius 3 is 3.00 bits per heavy atom. The van der Waals surface area contributed by atoms with Crippen LogP contribution in [-0.4, -0.2) is 22.7 Å². The fraction of sp³-hybridized carbons (Fsp3) is 0.583. The third-order valence-electron chi connectivity index (χ3n) is 3.14. The molecule has 1 aliphatic rings. The molecule has 0 amide bonds. The predicted octanol–water partition coefficient (Wildman–Crippen LogP) is 1.55. The lowest BCUT2D eigenvalue weighted by Gasteiger charge is -2.13. The Labute approximate surface area is 95.9 Å². The first-order valence-electron chi connectivity index (χ1n) is 5.80. The van der Waals surface area contributed by atoms with Crippen molar-refractivity contribution in [3.63, 3.8) is 0 Å². The maximum absolute atomic E-state index is 9.43. The molecule has 1 aliphatic carbocycles. The van der Waals surface area contributed by atoms with Gasteiger partial charge in [-0.2, -0.15) is 0 Å². The van der Waals surface area contributed by atoms with Crippen LogP contribution in [0.3, 0.4) is 0 Å². The highest BCUT2D eigenvalue weighted by molar-refractivity contribution is 5.61. The number of nitrogens with two attached hydrogens (primary N) is 1. The van der Waals surface area contributed by atoms with Crippen molar-refractivity contribution >= 4 is 11.5 Å². The van der Waals surface area contributed by atoms with Crippen LogP contribution in [0.15, 0.2) is 12.1 Å². The van der Waals surface area contributed by atoms with Crippen molar-refractivity contribution in [2.45, 2.75) is 32.3 Å². The topological polar surface area (TPSA) is 71.2 Å². The first-order valence-corrected chi connectivity index (χ1v) is 5.80. The highest BCUT2D eigenvalue weighted by atomic mass is 16.3. The summed E-state index contributed by atoms with van der Waals surface area (Å²) < 4.78 is 0. The van der Waals surface area contributed by atoms with Gasteiger partial charge < -0.3 is 16.2 Å². The second-order valence-electron chi connectivity index (χ2n) is 4.60. The number of hydrogen-bond donors (Lipinski definition) is 3. The molecule has 1 fully saturated rings. The van der Waals surface area contributed by atoms with E-state index in [2.05, 4.69) is 10.3 Å². The van der Waals surface area contributed by atoms with Crippen molar-refractivity contribution < 1.29 is 5.11 Å². The van der Waals surface area contributed by atoms with E-state index in [0.717, 1.165) is 37.3 Å². The van der Waals surface area contributed by atoms with Crippen LogP contribution in [0.5, 0.6) is 0 Å². The number of aromatic nitrogens is 1. The third-order valence-corrected chi connectivity index (χ3v) is 3.14. The molecule has 4 heteroatoms. The van der Waals surface area contributed by atoms with Crippen LogP contribution in [0.4, 0.5) is 11.5 Å². The summed E-state index contributed by atoms with van der Waals surface area (Å²) in [7, 11) is 0. The zero-order valence-corrected chi connectivity index (χ0v) is 9.61. The van der Waals surface area contributed by atoms with Crippen LogP contribution in [0, 0.1) is 12.8 Å². The van der Waals surface area contributed by atoms with Gasteiger partial charge in [0.25, 0.3) is 0 Å². The number of aryl methyl sites for hydroxylation is 1. The van der Waals surface area contributed by atoms with E-state index in [1.54, 1.807) is 0 Å². The molecule has 0 aromatic carbocycles.